The minimum absolute atomic E-state index is 0.145. The Hall–Kier alpha value is -1.07. The predicted molar refractivity (Wildman–Crippen MR) is 78.5 cm³/mol. The number of ether oxygens (including phenoxy) is 1. The van der Waals surface area contributed by atoms with Gasteiger partial charge in [-0.25, -0.2) is 4.79 Å². The van der Waals surface area contributed by atoms with Crippen molar-refractivity contribution in [3.05, 3.63) is 31.6 Å². The van der Waals surface area contributed by atoms with Crippen LogP contribution in [0, 0.1) is 0 Å². The molecule has 1 N–H and O–H groups in total. The predicted octanol–water partition coefficient (Wildman–Crippen LogP) is 2.10. The molecule has 0 spiro atoms. The van der Waals surface area contributed by atoms with E-state index in [1.807, 2.05) is 6.92 Å². The molecule has 1 aliphatic carbocycles. The average molecular weight is 301 g/mol. The smallest absolute Gasteiger partial charge is 0.329 e. The first kappa shape index (κ1) is 15.3. The summed E-state index contributed by atoms with van der Waals surface area (Å²) in [6.45, 7) is 2.50. The lowest BCUT2D eigenvalue weighted by atomic mass is 9.98. The summed E-state index contributed by atoms with van der Waals surface area (Å²) in [5.74, 6) is 0. The van der Waals surface area contributed by atoms with E-state index < -0.39 is 5.69 Å². The summed E-state index contributed by atoms with van der Waals surface area (Å²) in [5.41, 5.74) is -0.332. The van der Waals surface area contributed by atoms with Gasteiger partial charge < -0.3 is 4.74 Å². The summed E-state index contributed by atoms with van der Waals surface area (Å²) in [5, 5.41) is 0.145. The second kappa shape index (κ2) is 7.09. The Balaban J connectivity index is 2.02. The standard InChI is InChI=1S/C14H21ClN2O3/c1-2-11-12(15)16-14(19)17(13(11)18)8-9-20-10-6-4-3-5-7-10/h10H,2-9H2,1H3,(H,16,19). The number of rotatable bonds is 5. The van der Waals surface area contributed by atoms with Gasteiger partial charge in [-0.15, -0.1) is 0 Å². The van der Waals surface area contributed by atoms with Crippen LogP contribution in [0.5, 0.6) is 0 Å². The average Bonchev–Trinajstić information content (AvgIpc) is 2.44. The SMILES string of the molecule is CCc1c(Cl)[nH]c(=O)n(CCOC2CCCCC2)c1=O. The molecule has 1 heterocycles. The topological polar surface area (TPSA) is 64.1 Å². The summed E-state index contributed by atoms with van der Waals surface area (Å²) in [4.78, 5) is 26.4. The van der Waals surface area contributed by atoms with Crippen LogP contribution in [0.15, 0.2) is 9.59 Å². The molecular formula is C14H21ClN2O3. The van der Waals surface area contributed by atoms with Crippen LogP contribution < -0.4 is 11.2 Å². The first-order chi connectivity index (χ1) is 9.63. The minimum Gasteiger partial charge on any atom is -0.376 e. The zero-order valence-corrected chi connectivity index (χ0v) is 12.5. The fourth-order valence-corrected chi connectivity index (χ4v) is 2.93. The van der Waals surface area contributed by atoms with E-state index in [0.29, 0.717) is 18.6 Å². The molecule has 0 aliphatic heterocycles. The van der Waals surface area contributed by atoms with Crippen LogP contribution in [0.1, 0.15) is 44.6 Å². The molecule has 1 aromatic rings. The van der Waals surface area contributed by atoms with Crippen LogP contribution in [-0.2, 0) is 17.7 Å². The van der Waals surface area contributed by atoms with E-state index in [0.717, 1.165) is 12.8 Å². The van der Waals surface area contributed by atoms with E-state index >= 15 is 0 Å². The largest absolute Gasteiger partial charge is 0.376 e. The van der Waals surface area contributed by atoms with Crippen molar-refractivity contribution in [3.63, 3.8) is 0 Å². The van der Waals surface area contributed by atoms with Gasteiger partial charge in [0.25, 0.3) is 5.56 Å². The first-order valence-electron chi connectivity index (χ1n) is 7.26. The van der Waals surface area contributed by atoms with E-state index in [1.165, 1.54) is 23.8 Å². The lowest BCUT2D eigenvalue weighted by Crippen LogP contribution is -2.38. The van der Waals surface area contributed by atoms with Gasteiger partial charge in [-0.3, -0.25) is 14.3 Å². The van der Waals surface area contributed by atoms with Gasteiger partial charge in [-0.05, 0) is 19.3 Å². The summed E-state index contributed by atoms with van der Waals surface area (Å²) in [7, 11) is 0. The Bertz CT molecular complexity index is 559. The summed E-state index contributed by atoms with van der Waals surface area (Å²) in [6, 6.07) is 0. The second-order valence-electron chi connectivity index (χ2n) is 5.16. The molecule has 0 radical (unpaired) electrons. The molecule has 0 saturated heterocycles. The van der Waals surface area contributed by atoms with Crippen LogP contribution >= 0.6 is 11.6 Å². The number of aromatic amines is 1. The van der Waals surface area contributed by atoms with Crippen molar-refractivity contribution >= 4 is 11.6 Å². The first-order valence-corrected chi connectivity index (χ1v) is 7.64. The fraction of sp³-hybridized carbons (Fsp3) is 0.714. The Morgan fingerprint density at radius 2 is 2.00 bits per heavy atom. The summed E-state index contributed by atoms with van der Waals surface area (Å²) in [6.07, 6.45) is 6.60. The van der Waals surface area contributed by atoms with Crippen molar-refractivity contribution in [2.75, 3.05) is 6.61 Å². The number of aromatic nitrogens is 2. The summed E-state index contributed by atoms with van der Waals surface area (Å²) < 4.78 is 6.93. The van der Waals surface area contributed by atoms with Crippen molar-refractivity contribution in [1.82, 2.24) is 9.55 Å². The van der Waals surface area contributed by atoms with Crippen LogP contribution in [0.2, 0.25) is 5.15 Å². The lowest BCUT2D eigenvalue weighted by Gasteiger charge is -2.22. The third kappa shape index (κ3) is 3.52. The van der Waals surface area contributed by atoms with E-state index in [4.69, 9.17) is 16.3 Å². The highest BCUT2D eigenvalue weighted by molar-refractivity contribution is 6.30. The molecule has 1 aliphatic rings. The van der Waals surface area contributed by atoms with E-state index in [9.17, 15) is 9.59 Å². The van der Waals surface area contributed by atoms with Gasteiger partial charge >= 0.3 is 5.69 Å². The molecule has 0 amide bonds. The zero-order valence-electron chi connectivity index (χ0n) is 11.8. The number of nitrogens with one attached hydrogen (secondary N) is 1. The van der Waals surface area contributed by atoms with Crippen molar-refractivity contribution < 1.29 is 4.74 Å². The van der Waals surface area contributed by atoms with Crippen molar-refractivity contribution in [1.29, 1.82) is 0 Å². The van der Waals surface area contributed by atoms with Gasteiger partial charge in [0.2, 0.25) is 0 Å². The third-order valence-corrected chi connectivity index (χ3v) is 4.13. The van der Waals surface area contributed by atoms with E-state index in [2.05, 4.69) is 4.98 Å². The van der Waals surface area contributed by atoms with Gasteiger partial charge in [0.05, 0.1) is 24.8 Å². The molecule has 1 saturated carbocycles. The van der Waals surface area contributed by atoms with Crippen LogP contribution in [0.25, 0.3) is 0 Å². The number of H-pyrrole nitrogens is 1. The molecule has 2 rings (SSSR count). The lowest BCUT2D eigenvalue weighted by molar-refractivity contribution is 0.0233. The molecule has 5 nitrogen and oxygen atoms in total. The zero-order chi connectivity index (χ0) is 14.5. The Labute approximate surface area is 122 Å². The van der Waals surface area contributed by atoms with Crippen molar-refractivity contribution in [2.24, 2.45) is 0 Å². The fourth-order valence-electron chi connectivity index (χ4n) is 2.64. The highest BCUT2D eigenvalue weighted by atomic mass is 35.5. The van der Waals surface area contributed by atoms with Gasteiger partial charge in [0.1, 0.15) is 5.15 Å². The maximum atomic E-state index is 12.1. The molecule has 112 valence electrons. The monoisotopic (exact) mass is 300 g/mol. The van der Waals surface area contributed by atoms with Crippen LogP contribution in [0.3, 0.4) is 0 Å². The number of halogens is 1. The third-order valence-electron chi connectivity index (χ3n) is 3.80. The molecule has 0 bridgehead atoms. The van der Waals surface area contributed by atoms with Crippen molar-refractivity contribution in [3.8, 4) is 0 Å². The second-order valence-corrected chi connectivity index (χ2v) is 5.54. The van der Waals surface area contributed by atoms with Gasteiger partial charge in [0, 0.05) is 0 Å². The number of nitrogens with zero attached hydrogens (tertiary/aromatic N) is 1. The Kier molecular flexibility index (Phi) is 5.43. The molecule has 1 fully saturated rings. The van der Waals surface area contributed by atoms with E-state index in [-0.39, 0.29) is 23.4 Å². The van der Waals surface area contributed by atoms with E-state index in [1.54, 1.807) is 0 Å². The maximum Gasteiger partial charge on any atom is 0.329 e. The molecule has 0 unspecified atom stereocenters. The highest BCUT2D eigenvalue weighted by Gasteiger charge is 2.15. The Morgan fingerprint density at radius 1 is 1.30 bits per heavy atom. The van der Waals surface area contributed by atoms with Gasteiger partial charge in [-0.2, -0.15) is 0 Å². The quantitative estimate of drug-likeness (QED) is 0.847. The van der Waals surface area contributed by atoms with Gasteiger partial charge in [-0.1, -0.05) is 37.8 Å². The molecule has 0 atom stereocenters. The number of hydrogen-bond donors (Lipinski definition) is 1. The molecule has 20 heavy (non-hydrogen) atoms. The molecular weight excluding hydrogens is 280 g/mol. The van der Waals surface area contributed by atoms with Crippen LogP contribution in [-0.4, -0.2) is 22.3 Å². The Morgan fingerprint density at radius 3 is 2.65 bits per heavy atom. The maximum absolute atomic E-state index is 12.1. The normalized spacial score (nSPS) is 16.5. The van der Waals surface area contributed by atoms with Crippen LogP contribution in [0.4, 0.5) is 0 Å². The van der Waals surface area contributed by atoms with Gasteiger partial charge in [0.15, 0.2) is 0 Å². The minimum atomic E-state index is -0.468. The molecule has 1 aromatic heterocycles. The van der Waals surface area contributed by atoms with Crippen molar-refractivity contribution in [2.45, 2.75) is 58.1 Å². The number of hydrogen-bond acceptors (Lipinski definition) is 3. The molecule has 0 aromatic carbocycles. The summed E-state index contributed by atoms with van der Waals surface area (Å²) >= 11 is 5.86. The highest BCUT2D eigenvalue weighted by Crippen LogP contribution is 2.20. The molecule has 6 heteroatoms.